The van der Waals surface area contributed by atoms with Crippen LogP contribution in [-0.4, -0.2) is 48.5 Å². The van der Waals surface area contributed by atoms with Gasteiger partial charge < -0.3 is 21.3 Å². The molecule has 0 unspecified atom stereocenters. The standard InChI is InChI=1S/C28H32N4O5S/c1-15(2)23(32-17(4)33)28(37)30-14-19-11-9-18(10-12-19)13-22-24(34)20-7-6-8-21(25(20)38-22)27(36)31-16(3)26(35)29-5/h6-13,15-16,23H,14H2,1-5H3,(H,29,35)(H,30,37)(H,31,36)(H,32,33)/b22-13-/t16-,23-/m0/s1. The van der Waals surface area contributed by atoms with Crippen molar-refractivity contribution in [3.05, 3.63) is 69.6 Å². The number of allylic oxidation sites excluding steroid dienone is 1. The molecule has 0 saturated carbocycles. The minimum atomic E-state index is -0.717. The van der Waals surface area contributed by atoms with Gasteiger partial charge in [0.15, 0.2) is 0 Å². The first-order valence-electron chi connectivity index (χ1n) is 12.2. The molecule has 38 heavy (non-hydrogen) atoms. The minimum Gasteiger partial charge on any atom is -0.357 e. The highest BCUT2D eigenvalue weighted by Gasteiger charge is 2.30. The van der Waals surface area contributed by atoms with Crippen LogP contribution in [0, 0.1) is 5.92 Å². The predicted octanol–water partition coefficient (Wildman–Crippen LogP) is 2.66. The maximum absolute atomic E-state index is 13.0. The zero-order chi connectivity index (χ0) is 28.0. The predicted molar refractivity (Wildman–Crippen MR) is 146 cm³/mol. The van der Waals surface area contributed by atoms with Crippen molar-refractivity contribution in [3.8, 4) is 0 Å². The third kappa shape index (κ3) is 6.89. The normalized spacial score (nSPS) is 15.0. The smallest absolute Gasteiger partial charge is 0.253 e. The molecule has 2 aromatic rings. The first-order valence-corrected chi connectivity index (χ1v) is 13.1. The quantitative estimate of drug-likeness (QED) is 0.364. The zero-order valence-electron chi connectivity index (χ0n) is 22.0. The van der Waals surface area contributed by atoms with Gasteiger partial charge in [0.25, 0.3) is 5.91 Å². The summed E-state index contributed by atoms with van der Waals surface area (Å²) in [4.78, 5) is 62.5. The Kier molecular flexibility index (Phi) is 9.46. The number of ketones is 1. The maximum atomic E-state index is 13.0. The number of hydrogen-bond acceptors (Lipinski definition) is 6. The number of amides is 4. The van der Waals surface area contributed by atoms with Crippen LogP contribution in [0.1, 0.15) is 59.5 Å². The van der Waals surface area contributed by atoms with Crippen molar-refractivity contribution in [3.63, 3.8) is 0 Å². The molecule has 1 aliphatic heterocycles. The molecule has 1 aliphatic rings. The molecule has 0 bridgehead atoms. The number of hydrogen-bond donors (Lipinski definition) is 4. The van der Waals surface area contributed by atoms with Crippen molar-refractivity contribution >= 4 is 47.2 Å². The van der Waals surface area contributed by atoms with E-state index in [-0.39, 0.29) is 29.4 Å². The van der Waals surface area contributed by atoms with Crippen LogP contribution >= 0.6 is 11.8 Å². The molecule has 9 nitrogen and oxygen atoms in total. The minimum absolute atomic E-state index is 0.0516. The lowest BCUT2D eigenvalue weighted by atomic mass is 10.0. The van der Waals surface area contributed by atoms with E-state index in [4.69, 9.17) is 0 Å². The van der Waals surface area contributed by atoms with Crippen molar-refractivity contribution in [2.75, 3.05) is 7.05 Å². The van der Waals surface area contributed by atoms with Gasteiger partial charge in [0.05, 0.1) is 10.5 Å². The molecule has 0 aliphatic carbocycles. The number of carbonyl (C=O) groups excluding carboxylic acids is 5. The van der Waals surface area contributed by atoms with Crippen molar-refractivity contribution in [1.82, 2.24) is 21.3 Å². The van der Waals surface area contributed by atoms with Gasteiger partial charge in [0.2, 0.25) is 23.5 Å². The van der Waals surface area contributed by atoms with Crippen LogP contribution in [0.2, 0.25) is 0 Å². The summed E-state index contributed by atoms with van der Waals surface area (Å²) < 4.78 is 0. The molecule has 0 saturated heterocycles. The van der Waals surface area contributed by atoms with E-state index in [0.29, 0.717) is 27.5 Å². The highest BCUT2D eigenvalue weighted by Crippen LogP contribution is 2.43. The van der Waals surface area contributed by atoms with E-state index in [1.165, 1.54) is 25.7 Å². The average Bonchev–Trinajstić information content (AvgIpc) is 3.20. The Labute approximate surface area is 226 Å². The first-order chi connectivity index (χ1) is 18.0. The summed E-state index contributed by atoms with van der Waals surface area (Å²) in [5.41, 5.74) is 2.44. The first kappa shape index (κ1) is 28.6. The molecule has 4 N–H and O–H groups in total. The van der Waals surface area contributed by atoms with Crippen molar-refractivity contribution < 1.29 is 24.0 Å². The number of likely N-dealkylation sites (N-methyl/N-ethyl adjacent to an activating group) is 1. The average molecular weight is 537 g/mol. The van der Waals surface area contributed by atoms with Crippen molar-refractivity contribution in [2.45, 2.75) is 51.2 Å². The SMILES string of the molecule is CNC(=O)[C@H](C)NC(=O)c1cccc2c1S/C(=C\c1ccc(CNC(=O)[C@@H](NC(C)=O)C(C)C)cc1)C2=O. The van der Waals surface area contributed by atoms with Gasteiger partial charge in [-0.25, -0.2) is 0 Å². The van der Waals surface area contributed by atoms with Crippen LogP contribution in [0.4, 0.5) is 0 Å². The van der Waals surface area contributed by atoms with Crippen LogP contribution in [-0.2, 0) is 20.9 Å². The molecule has 0 spiro atoms. The molecule has 4 amide bonds. The molecule has 10 heteroatoms. The van der Waals surface area contributed by atoms with E-state index in [2.05, 4.69) is 21.3 Å². The van der Waals surface area contributed by atoms with Gasteiger partial charge in [-0.3, -0.25) is 24.0 Å². The number of fused-ring (bicyclic) bond motifs is 1. The third-order valence-corrected chi connectivity index (χ3v) is 7.15. The number of nitrogens with one attached hydrogen (secondary N) is 4. The highest BCUT2D eigenvalue weighted by atomic mass is 32.2. The highest BCUT2D eigenvalue weighted by molar-refractivity contribution is 8.05. The number of benzene rings is 2. The number of thioether (sulfide) groups is 1. The van der Waals surface area contributed by atoms with Gasteiger partial charge in [-0.15, -0.1) is 0 Å². The van der Waals surface area contributed by atoms with E-state index < -0.39 is 18.0 Å². The molecule has 0 radical (unpaired) electrons. The van der Waals surface area contributed by atoms with E-state index in [1.807, 2.05) is 38.1 Å². The third-order valence-electron chi connectivity index (χ3n) is 5.98. The molecule has 2 aromatic carbocycles. The van der Waals surface area contributed by atoms with E-state index in [1.54, 1.807) is 31.2 Å². The van der Waals surface area contributed by atoms with Crippen LogP contribution in [0.25, 0.3) is 6.08 Å². The molecule has 0 aromatic heterocycles. The Bertz CT molecular complexity index is 1290. The summed E-state index contributed by atoms with van der Waals surface area (Å²) in [5.74, 6) is -1.48. The van der Waals surface area contributed by atoms with Crippen molar-refractivity contribution in [2.24, 2.45) is 5.92 Å². The van der Waals surface area contributed by atoms with Gasteiger partial charge in [-0.2, -0.15) is 0 Å². The lowest BCUT2D eigenvalue weighted by Gasteiger charge is -2.20. The largest absolute Gasteiger partial charge is 0.357 e. The maximum Gasteiger partial charge on any atom is 0.253 e. The Morgan fingerprint density at radius 1 is 0.947 bits per heavy atom. The summed E-state index contributed by atoms with van der Waals surface area (Å²) in [6, 6.07) is 11.0. The summed E-state index contributed by atoms with van der Waals surface area (Å²) in [7, 11) is 1.50. The molecular formula is C28H32N4O5S. The van der Waals surface area contributed by atoms with Crippen molar-refractivity contribution in [1.29, 1.82) is 0 Å². The molecule has 200 valence electrons. The number of rotatable bonds is 9. The molecule has 3 rings (SSSR count). The van der Waals surface area contributed by atoms with E-state index in [9.17, 15) is 24.0 Å². The Hall–Kier alpha value is -3.92. The Morgan fingerprint density at radius 3 is 2.24 bits per heavy atom. The fraction of sp³-hybridized carbons (Fsp3) is 0.321. The Balaban J connectivity index is 1.69. The van der Waals surface area contributed by atoms with Crippen LogP contribution in [0.3, 0.4) is 0 Å². The molecular weight excluding hydrogens is 504 g/mol. The second-order valence-corrected chi connectivity index (χ2v) is 10.4. The molecule has 0 fully saturated rings. The van der Waals surface area contributed by atoms with Gasteiger partial charge >= 0.3 is 0 Å². The Morgan fingerprint density at radius 2 is 1.63 bits per heavy atom. The van der Waals surface area contributed by atoms with Gasteiger partial charge in [0.1, 0.15) is 12.1 Å². The topological polar surface area (TPSA) is 133 Å². The van der Waals surface area contributed by atoms with Crippen LogP contribution < -0.4 is 21.3 Å². The summed E-state index contributed by atoms with van der Waals surface area (Å²) >= 11 is 1.22. The van der Waals surface area contributed by atoms with Gasteiger partial charge in [-0.1, -0.05) is 55.9 Å². The zero-order valence-corrected chi connectivity index (χ0v) is 22.8. The fourth-order valence-corrected chi connectivity index (χ4v) is 5.04. The molecule has 2 atom stereocenters. The van der Waals surface area contributed by atoms with E-state index in [0.717, 1.165) is 11.1 Å². The lowest BCUT2D eigenvalue weighted by Crippen LogP contribution is -2.48. The number of Topliss-reactive ketones (excluding diaryl/α,β-unsaturated/α-hetero) is 1. The van der Waals surface area contributed by atoms with Crippen LogP contribution in [0.5, 0.6) is 0 Å². The summed E-state index contributed by atoms with van der Waals surface area (Å²) in [5, 5.41) is 10.7. The monoisotopic (exact) mass is 536 g/mol. The van der Waals surface area contributed by atoms with E-state index >= 15 is 0 Å². The van der Waals surface area contributed by atoms with Gasteiger partial charge in [-0.05, 0) is 42.2 Å². The van der Waals surface area contributed by atoms with Gasteiger partial charge in [0, 0.05) is 31.0 Å². The molecule has 1 heterocycles. The summed E-state index contributed by atoms with van der Waals surface area (Å²) in [6.45, 7) is 6.99. The summed E-state index contributed by atoms with van der Waals surface area (Å²) in [6.07, 6.45) is 1.76. The second-order valence-electron chi connectivity index (χ2n) is 9.31. The fourth-order valence-electron chi connectivity index (χ4n) is 3.88. The second kappa shape index (κ2) is 12.6. The van der Waals surface area contributed by atoms with Crippen LogP contribution in [0.15, 0.2) is 52.3 Å². The number of carbonyl (C=O) groups is 5. The lowest BCUT2D eigenvalue weighted by molar-refractivity contribution is -0.129.